The van der Waals surface area contributed by atoms with Crippen molar-refractivity contribution < 1.29 is 23.8 Å². The van der Waals surface area contributed by atoms with Crippen LogP contribution in [-0.4, -0.2) is 33.0 Å². The molecule has 1 aliphatic carbocycles. The van der Waals surface area contributed by atoms with E-state index in [9.17, 15) is 9.59 Å². The summed E-state index contributed by atoms with van der Waals surface area (Å²) in [7, 11) is 4.66. The fourth-order valence-corrected chi connectivity index (χ4v) is 5.04. The average molecular weight is 464 g/mol. The summed E-state index contributed by atoms with van der Waals surface area (Å²) in [6.07, 6.45) is 1.25. The molecular weight excluding hydrogens is 430 g/mol. The van der Waals surface area contributed by atoms with E-state index < -0.39 is 0 Å². The van der Waals surface area contributed by atoms with Gasteiger partial charge in [-0.25, -0.2) is 0 Å². The minimum Gasteiger partial charge on any atom is -0.493 e. The maximum atomic E-state index is 13.5. The molecule has 2 aromatic carbocycles. The molecule has 1 aliphatic heterocycles. The van der Waals surface area contributed by atoms with Gasteiger partial charge < -0.3 is 19.5 Å². The van der Waals surface area contributed by atoms with E-state index in [1.807, 2.05) is 12.1 Å². The Morgan fingerprint density at radius 1 is 0.824 bits per heavy atom. The Labute approximate surface area is 201 Å². The van der Waals surface area contributed by atoms with Crippen molar-refractivity contribution in [1.82, 2.24) is 5.32 Å². The van der Waals surface area contributed by atoms with Crippen LogP contribution in [0.15, 0.2) is 47.7 Å². The van der Waals surface area contributed by atoms with Crippen molar-refractivity contribution in [2.24, 2.45) is 0 Å². The van der Waals surface area contributed by atoms with Gasteiger partial charge in [-0.1, -0.05) is 45.0 Å². The SMILES string of the molecule is COc1cc([C@H]2CC(=O)NC3=C2C(=O)C[C@@H](c2ccc(C(C)(C)C)cc2)C3)cc(OC)c1OC. The van der Waals surface area contributed by atoms with E-state index >= 15 is 0 Å². The number of ether oxygens (including phenoxy) is 3. The van der Waals surface area contributed by atoms with E-state index in [-0.39, 0.29) is 35.4 Å². The van der Waals surface area contributed by atoms with Crippen LogP contribution in [0.25, 0.3) is 0 Å². The van der Waals surface area contributed by atoms with Crippen LogP contribution in [0, 0.1) is 0 Å². The first-order chi connectivity index (χ1) is 16.2. The second-order valence-electron chi connectivity index (χ2n) is 10.1. The van der Waals surface area contributed by atoms with Gasteiger partial charge in [0.15, 0.2) is 17.3 Å². The zero-order valence-electron chi connectivity index (χ0n) is 20.8. The summed E-state index contributed by atoms with van der Waals surface area (Å²) in [5.74, 6) is 1.17. The molecule has 2 aromatic rings. The minimum absolute atomic E-state index is 0.0410. The van der Waals surface area contributed by atoms with Crippen molar-refractivity contribution in [3.63, 3.8) is 0 Å². The second-order valence-corrected chi connectivity index (χ2v) is 10.1. The largest absolute Gasteiger partial charge is 0.493 e. The highest BCUT2D eigenvalue weighted by Crippen LogP contribution is 2.46. The number of methoxy groups -OCH3 is 3. The molecule has 4 rings (SSSR count). The van der Waals surface area contributed by atoms with Gasteiger partial charge in [0.25, 0.3) is 0 Å². The quantitative estimate of drug-likeness (QED) is 0.674. The number of benzene rings is 2. The Morgan fingerprint density at radius 3 is 1.97 bits per heavy atom. The molecule has 0 fully saturated rings. The number of amides is 1. The Kier molecular flexibility index (Phi) is 6.43. The number of Topliss-reactive ketones (excluding diaryl/α,β-unsaturated/α-hetero) is 1. The molecule has 0 saturated heterocycles. The molecule has 1 amide bonds. The summed E-state index contributed by atoms with van der Waals surface area (Å²) < 4.78 is 16.4. The highest BCUT2D eigenvalue weighted by molar-refractivity contribution is 6.02. The zero-order chi connectivity index (χ0) is 24.6. The number of rotatable bonds is 5. The topological polar surface area (TPSA) is 73.9 Å². The second kappa shape index (κ2) is 9.16. The van der Waals surface area contributed by atoms with Crippen LogP contribution < -0.4 is 19.5 Å². The standard InChI is InChI=1S/C28H33NO5/c1-28(2,3)19-9-7-16(8-10-19)17-11-21-26(22(30)12-17)20(15-25(31)29-21)18-13-23(32-4)27(34-6)24(14-18)33-5/h7-10,13-14,17,20H,11-12,15H2,1-6H3,(H,29,31)/t17-,20+/m0/s1. The van der Waals surface area contributed by atoms with Crippen molar-refractivity contribution in [2.45, 2.75) is 57.3 Å². The van der Waals surface area contributed by atoms with Crippen molar-refractivity contribution in [3.05, 3.63) is 64.4 Å². The molecule has 0 saturated carbocycles. The molecule has 0 spiro atoms. The molecule has 180 valence electrons. The van der Waals surface area contributed by atoms with Gasteiger partial charge >= 0.3 is 0 Å². The van der Waals surface area contributed by atoms with Crippen LogP contribution in [0.4, 0.5) is 0 Å². The lowest BCUT2D eigenvalue weighted by Gasteiger charge is -2.35. The molecule has 2 aliphatic rings. The zero-order valence-corrected chi connectivity index (χ0v) is 20.8. The van der Waals surface area contributed by atoms with E-state index in [4.69, 9.17) is 14.2 Å². The number of nitrogens with one attached hydrogen (secondary N) is 1. The maximum absolute atomic E-state index is 13.5. The van der Waals surface area contributed by atoms with Gasteiger partial charge in [0.1, 0.15) is 0 Å². The van der Waals surface area contributed by atoms with Crippen molar-refractivity contribution in [3.8, 4) is 17.2 Å². The smallest absolute Gasteiger partial charge is 0.225 e. The fourth-order valence-electron chi connectivity index (χ4n) is 5.04. The Balaban J connectivity index is 1.70. The van der Waals surface area contributed by atoms with Gasteiger partial charge in [-0.2, -0.15) is 0 Å². The number of ketones is 1. The lowest BCUT2D eigenvalue weighted by atomic mass is 9.73. The van der Waals surface area contributed by atoms with Gasteiger partial charge in [0.2, 0.25) is 11.7 Å². The van der Waals surface area contributed by atoms with Gasteiger partial charge in [-0.05, 0) is 46.6 Å². The van der Waals surface area contributed by atoms with Crippen molar-refractivity contribution >= 4 is 11.7 Å². The van der Waals surface area contributed by atoms with E-state index in [0.29, 0.717) is 35.7 Å². The summed E-state index contributed by atoms with van der Waals surface area (Å²) in [6, 6.07) is 12.2. The first-order valence-electron chi connectivity index (χ1n) is 11.6. The van der Waals surface area contributed by atoms with Gasteiger partial charge in [-0.3, -0.25) is 9.59 Å². The average Bonchev–Trinajstić information content (AvgIpc) is 2.81. The summed E-state index contributed by atoms with van der Waals surface area (Å²) in [5.41, 5.74) is 4.68. The van der Waals surface area contributed by atoms with Gasteiger partial charge in [0, 0.05) is 30.0 Å². The van der Waals surface area contributed by atoms with Crippen molar-refractivity contribution in [2.75, 3.05) is 21.3 Å². The number of carbonyl (C=O) groups is 2. The maximum Gasteiger partial charge on any atom is 0.225 e. The molecule has 0 bridgehead atoms. The summed E-state index contributed by atoms with van der Waals surface area (Å²) in [6.45, 7) is 6.55. The number of carbonyl (C=O) groups excluding carboxylic acids is 2. The van der Waals surface area contributed by atoms with E-state index in [2.05, 4.69) is 50.4 Å². The third-order valence-corrected chi connectivity index (χ3v) is 6.87. The summed E-state index contributed by atoms with van der Waals surface area (Å²) in [4.78, 5) is 26.2. The number of hydrogen-bond donors (Lipinski definition) is 1. The summed E-state index contributed by atoms with van der Waals surface area (Å²) in [5, 5.41) is 3.00. The van der Waals surface area contributed by atoms with E-state index in [1.54, 1.807) is 21.3 Å². The highest BCUT2D eigenvalue weighted by atomic mass is 16.5. The molecule has 1 heterocycles. The van der Waals surface area contributed by atoms with Gasteiger partial charge in [-0.15, -0.1) is 0 Å². The molecule has 0 radical (unpaired) electrons. The fraction of sp³-hybridized carbons (Fsp3) is 0.429. The first-order valence-corrected chi connectivity index (χ1v) is 11.6. The molecule has 6 heteroatoms. The lowest BCUT2D eigenvalue weighted by molar-refractivity contribution is -0.122. The molecular formula is C28H33NO5. The first kappa shape index (κ1) is 23.9. The third-order valence-electron chi connectivity index (χ3n) is 6.87. The van der Waals surface area contributed by atoms with Crippen molar-refractivity contribution in [1.29, 1.82) is 0 Å². The lowest BCUT2D eigenvalue weighted by Crippen LogP contribution is -2.38. The Morgan fingerprint density at radius 2 is 1.44 bits per heavy atom. The predicted molar refractivity (Wildman–Crippen MR) is 131 cm³/mol. The summed E-state index contributed by atoms with van der Waals surface area (Å²) >= 11 is 0. The number of allylic oxidation sites excluding steroid dienone is 2. The molecule has 1 N–H and O–H groups in total. The Bertz CT molecular complexity index is 1120. The van der Waals surface area contributed by atoms with Gasteiger partial charge in [0.05, 0.1) is 21.3 Å². The van der Waals surface area contributed by atoms with Crippen LogP contribution in [0.3, 0.4) is 0 Å². The molecule has 0 unspecified atom stereocenters. The highest BCUT2D eigenvalue weighted by Gasteiger charge is 2.39. The van der Waals surface area contributed by atoms with Crippen LogP contribution >= 0.6 is 0 Å². The van der Waals surface area contributed by atoms with Crippen LogP contribution in [0.2, 0.25) is 0 Å². The molecule has 6 nitrogen and oxygen atoms in total. The Hall–Kier alpha value is -3.28. The molecule has 34 heavy (non-hydrogen) atoms. The number of hydrogen-bond acceptors (Lipinski definition) is 5. The van der Waals surface area contributed by atoms with Crippen LogP contribution in [-0.2, 0) is 15.0 Å². The van der Waals surface area contributed by atoms with E-state index in [1.165, 1.54) is 5.56 Å². The van der Waals surface area contributed by atoms with Crippen LogP contribution in [0.5, 0.6) is 17.2 Å². The normalized spacial score (nSPS) is 20.5. The minimum atomic E-state index is -0.353. The predicted octanol–water partition coefficient (Wildman–Crippen LogP) is 5.01. The van der Waals surface area contributed by atoms with E-state index in [0.717, 1.165) is 16.8 Å². The third kappa shape index (κ3) is 4.41. The molecule has 0 aromatic heterocycles. The molecule has 2 atom stereocenters. The monoisotopic (exact) mass is 463 g/mol. The van der Waals surface area contributed by atoms with Crippen LogP contribution in [0.1, 0.15) is 68.6 Å².